The van der Waals surface area contributed by atoms with Crippen LogP contribution in [0.2, 0.25) is 10.0 Å². The Bertz CT molecular complexity index is 1390. The predicted octanol–water partition coefficient (Wildman–Crippen LogP) is 5.83. The van der Waals surface area contributed by atoms with E-state index in [9.17, 15) is 18.0 Å². The highest BCUT2D eigenvalue weighted by Gasteiger charge is 2.34. The van der Waals surface area contributed by atoms with Crippen LogP contribution < -0.4 is 9.62 Å². The van der Waals surface area contributed by atoms with Gasteiger partial charge in [-0.3, -0.25) is 13.9 Å². The molecular formula is C29H33Cl2N3O4S. The van der Waals surface area contributed by atoms with Crippen molar-refractivity contribution in [1.29, 1.82) is 0 Å². The highest BCUT2D eigenvalue weighted by molar-refractivity contribution is 7.92. The third-order valence-corrected chi connectivity index (χ3v) is 8.53. The maximum absolute atomic E-state index is 14.0. The smallest absolute Gasteiger partial charge is 0.264 e. The fourth-order valence-corrected chi connectivity index (χ4v) is 5.82. The summed E-state index contributed by atoms with van der Waals surface area (Å²) in [6.45, 7) is 6.83. The number of benzene rings is 3. The van der Waals surface area contributed by atoms with Crippen molar-refractivity contribution in [2.24, 2.45) is 0 Å². The molecule has 0 aromatic heterocycles. The minimum atomic E-state index is -4.15. The van der Waals surface area contributed by atoms with Gasteiger partial charge in [-0.15, -0.1) is 0 Å². The van der Waals surface area contributed by atoms with Gasteiger partial charge < -0.3 is 10.2 Å². The minimum absolute atomic E-state index is 0.0293. The molecule has 0 aliphatic carbocycles. The third kappa shape index (κ3) is 7.75. The maximum Gasteiger partial charge on any atom is 0.264 e. The number of sulfonamides is 1. The molecule has 39 heavy (non-hydrogen) atoms. The molecule has 0 aliphatic rings. The van der Waals surface area contributed by atoms with Gasteiger partial charge in [0.25, 0.3) is 10.0 Å². The van der Waals surface area contributed by atoms with Crippen LogP contribution in [0.25, 0.3) is 0 Å². The second kappa shape index (κ2) is 13.3. The molecule has 1 N–H and O–H groups in total. The Morgan fingerprint density at radius 1 is 0.923 bits per heavy atom. The van der Waals surface area contributed by atoms with E-state index in [0.717, 1.165) is 9.87 Å². The van der Waals surface area contributed by atoms with Crippen molar-refractivity contribution in [2.45, 2.75) is 57.6 Å². The molecule has 0 aliphatic heterocycles. The molecule has 2 amide bonds. The van der Waals surface area contributed by atoms with Crippen molar-refractivity contribution >= 4 is 50.7 Å². The molecule has 0 bridgehead atoms. The molecule has 0 spiro atoms. The SMILES string of the molecule is CC[C@H](C(=O)NC(C)C)N(Cc1ccccc1Cl)C(=O)CN(c1ccc(Cl)cc1)S(=O)(=O)c1ccc(C)cc1. The fourth-order valence-electron chi connectivity index (χ4n) is 4.08. The summed E-state index contributed by atoms with van der Waals surface area (Å²) < 4.78 is 28.7. The number of amides is 2. The Morgan fingerprint density at radius 3 is 2.10 bits per heavy atom. The van der Waals surface area contributed by atoms with Gasteiger partial charge in [-0.25, -0.2) is 8.42 Å². The molecule has 7 nitrogen and oxygen atoms in total. The maximum atomic E-state index is 14.0. The highest BCUT2D eigenvalue weighted by Crippen LogP contribution is 2.27. The first-order chi connectivity index (χ1) is 18.4. The molecule has 0 saturated carbocycles. The zero-order valence-corrected chi connectivity index (χ0v) is 24.7. The lowest BCUT2D eigenvalue weighted by Gasteiger charge is -2.33. The van der Waals surface area contributed by atoms with Crippen LogP contribution in [0.4, 0.5) is 5.69 Å². The number of hydrogen-bond acceptors (Lipinski definition) is 4. The Hall–Kier alpha value is -3.07. The average Bonchev–Trinajstić information content (AvgIpc) is 2.88. The summed E-state index contributed by atoms with van der Waals surface area (Å²) >= 11 is 12.5. The Kier molecular flexibility index (Phi) is 10.4. The van der Waals surface area contributed by atoms with Crippen LogP contribution in [0.5, 0.6) is 0 Å². The zero-order chi connectivity index (χ0) is 28.7. The zero-order valence-electron chi connectivity index (χ0n) is 22.4. The van der Waals surface area contributed by atoms with E-state index in [1.54, 1.807) is 67.6 Å². The molecule has 3 rings (SSSR count). The van der Waals surface area contributed by atoms with Crippen LogP contribution in [0.1, 0.15) is 38.3 Å². The van der Waals surface area contributed by atoms with Gasteiger partial charge in [0.2, 0.25) is 11.8 Å². The lowest BCUT2D eigenvalue weighted by Crippen LogP contribution is -2.53. The Morgan fingerprint density at radius 2 is 1.54 bits per heavy atom. The molecular weight excluding hydrogens is 557 g/mol. The number of nitrogens with one attached hydrogen (secondary N) is 1. The normalized spacial score (nSPS) is 12.2. The van der Waals surface area contributed by atoms with Gasteiger partial charge in [0, 0.05) is 22.6 Å². The Balaban J connectivity index is 2.07. The number of halogens is 2. The predicted molar refractivity (Wildman–Crippen MR) is 157 cm³/mol. The summed E-state index contributed by atoms with van der Waals surface area (Å²) in [5.41, 5.74) is 1.81. The van der Waals surface area contributed by atoms with Gasteiger partial charge in [0.15, 0.2) is 0 Å². The van der Waals surface area contributed by atoms with Gasteiger partial charge in [0.05, 0.1) is 10.6 Å². The lowest BCUT2D eigenvalue weighted by atomic mass is 10.1. The van der Waals surface area contributed by atoms with Crippen LogP contribution in [-0.2, 0) is 26.2 Å². The minimum Gasteiger partial charge on any atom is -0.352 e. The van der Waals surface area contributed by atoms with Gasteiger partial charge >= 0.3 is 0 Å². The van der Waals surface area contributed by atoms with Gasteiger partial charge in [-0.05, 0) is 75.2 Å². The molecule has 208 valence electrons. The van der Waals surface area contributed by atoms with Crippen LogP contribution in [-0.4, -0.2) is 43.8 Å². The van der Waals surface area contributed by atoms with E-state index in [1.165, 1.54) is 17.0 Å². The quantitative estimate of drug-likeness (QED) is 0.305. The summed E-state index contributed by atoms with van der Waals surface area (Å²) in [6.07, 6.45) is 0.320. The number of rotatable bonds is 11. The van der Waals surface area contributed by atoms with Crippen LogP contribution in [0.3, 0.4) is 0 Å². The van der Waals surface area contributed by atoms with Crippen molar-refractivity contribution < 1.29 is 18.0 Å². The topological polar surface area (TPSA) is 86.8 Å². The molecule has 10 heteroatoms. The number of hydrogen-bond donors (Lipinski definition) is 1. The van der Waals surface area contributed by atoms with Gasteiger partial charge in [-0.1, -0.05) is 66.0 Å². The summed E-state index contributed by atoms with van der Waals surface area (Å²) in [4.78, 5) is 28.6. The first-order valence-electron chi connectivity index (χ1n) is 12.6. The molecule has 0 radical (unpaired) electrons. The molecule has 3 aromatic carbocycles. The summed E-state index contributed by atoms with van der Waals surface area (Å²) in [6, 6.07) is 18.7. The van der Waals surface area contributed by atoms with E-state index >= 15 is 0 Å². The largest absolute Gasteiger partial charge is 0.352 e. The number of carbonyl (C=O) groups excluding carboxylic acids is 2. The first-order valence-corrected chi connectivity index (χ1v) is 14.8. The monoisotopic (exact) mass is 589 g/mol. The van der Waals surface area contributed by atoms with Crippen molar-refractivity contribution in [3.05, 3.63) is 94.0 Å². The van der Waals surface area contributed by atoms with Crippen LogP contribution >= 0.6 is 23.2 Å². The van der Waals surface area contributed by atoms with E-state index < -0.39 is 28.5 Å². The second-order valence-corrected chi connectivity index (χ2v) is 12.2. The molecule has 0 heterocycles. The average molecular weight is 591 g/mol. The van der Waals surface area contributed by atoms with Crippen molar-refractivity contribution in [1.82, 2.24) is 10.2 Å². The van der Waals surface area contributed by atoms with E-state index in [-0.39, 0.29) is 29.1 Å². The number of carbonyl (C=O) groups is 2. The summed E-state index contributed by atoms with van der Waals surface area (Å²) in [5, 5.41) is 3.74. The fraction of sp³-hybridized carbons (Fsp3) is 0.310. The van der Waals surface area contributed by atoms with E-state index in [2.05, 4.69) is 5.32 Å². The second-order valence-electron chi connectivity index (χ2n) is 9.50. The van der Waals surface area contributed by atoms with Crippen molar-refractivity contribution in [3.63, 3.8) is 0 Å². The van der Waals surface area contributed by atoms with E-state index in [4.69, 9.17) is 23.2 Å². The van der Waals surface area contributed by atoms with Crippen molar-refractivity contribution in [3.8, 4) is 0 Å². The first kappa shape index (κ1) is 30.5. The summed E-state index contributed by atoms with van der Waals surface area (Å²) in [5.74, 6) is -0.876. The third-order valence-electron chi connectivity index (χ3n) is 6.12. The number of nitrogens with zero attached hydrogens (tertiary/aromatic N) is 2. The Labute approximate surface area is 240 Å². The molecule has 1 atom stereocenters. The van der Waals surface area contributed by atoms with Gasteiger partial charge in [-0.2, -0.15) is 0 Å². The van der Waals surface area contributed by atoms with Crippen LogP contribution in [0.15, 0.2) is 77.7 Å². The molecule has 3 aromatic rings. The highest BCUT2D eigenvalue weighted by atomic mass is 35.5. The van der Waals surface area contributed by atoms with Gasteiger partial charge in [0.1, 0.15) is 12.6 Å². The van der Waals surface area contributed by atoms with E-state index in [0.29, 0.717) is 22.0 Å². The molecule has 0 saturated heterocycles. The molecule has 0 unspecified atom stereocenters. The van der Waals surface area contributed by atoms with Crippen LogP contribution in [0, 0.1) is 6.92 Å². The number of aryl methyl sites for hydroxylation is 1. The summed E-state index contributed by atoms with van der Waals surface area (Å²) in [7, 11) is -4.15. The van der Waals surface area contributed by atoms with Crippen molar-refractivity contribution in [2.75, 3.05) is 10.8 Å². The van der Waals surface area contributed by atoms with E-state index in [1.807, 2.05) is 20.8 Å². The lowest BCUT2D eigenvalue weighted by molar-refractivity contribution is -0.140. The molecule has 0 fully saturated rings. The number of anilines is 1. The standard InChI is InChI=1S/C29H33Cl2N3O4S/c1-5-27(29(36)32-20(2)3)33(18-22-8-6-7-9-26(22)31)28(35)19-34(24-14-12-23(30)13-15-24)39(37,38)25-16-10-21(4)11-17-25/h6-17,20,27H,5,18-19H2,1-4H3,(H,32,36)/t27-/m1/s1.